The topological polar surface area (TPSA) is 153 Å². The predicted molar refractivity (Wildman–Crippen MR) is 96.9 cm³/mol. The van der Waals surface area contributed by atoms with E-state index in [1.807, 2.05) is 0 Å². The molecule has 160 valence electrons. The van der Waals surface area contributed by atoms with Crippen molar-refractivity contribution < 1.29 is 42.9 Å². The number of carbonyl (C=O) groups excluding carboxylic acids is 2. The zero-order valence-corrected chi connectivity index (χ0v) is 17.1. The molecule has 1 amide bonds. The molecule has 2 aliphatic rings. The molecule has 12 heteroatoms. The summed E-state index contributed by atoms with van der Waals surface area (Å²) in [7, 11) is -3.73. The normalized spacial score (nSPS) is 30.4. The maximum absolute atomic E-state index is 12.5. The molecule has 2 rings (SSSR count). The number of carbonyl (C=O) groups is 3. The Morgan fingerprint density at radius 2 is 2.07 bits per heavy atom. The second-order valence-corrected chi connectivity index (χ2v) is 9.24. The Kier molecular flexibility index (Phi) is 7.72. The number of hydrogen-bond acceptors (Lipinski definition) is 9. The zero-order valence-electron chi connectivity index (χ0n) is 16.2. The number of amides is 1. The molecule has 2 fully saturated rings. The molecule has 0 aliphatic carbocycles. The number of aliphatic carboxylic acids is 1. The van der Waals surface area contributed by atoms with Crippen molar-refractivity contribution in [2.75, 3.05) is 26.4 Å². The van der Waals surface area contributed by atoms with Gasteiger partial charge in [-0.05, 0) is 6.92 Å². The summed E-state index contributed by atoms with van der Waals surface area (Å²) in [5, 5.41) is 14.0. The van der Waals surface area contributed by atoms with Gasteiger partial charge in [0.15, 0.2) is 6.10 Å². The summed E-state index contributed by atoms with van der Waals surface area (Å²) in [6, 6.07) is -1.13. The largest absolute Gasteiger partial charge is 0.500 e. The van der Waals surface area contributed by atoms with Gasteiger partial charge in [-0.15, -0.1) is 9.61 Å². The Labute approximate surface area is 163 Å². The molecule has 0 saturated carbocycles. The molecular weight excluding hydrogens is 395 g/mol. The second-order valence-electron chi connectivity index (χ2n) is 7.47. The molecular formula is C16H28N2O9P+. The maximum atomic E-state index is 12.5. The number of rotatable bonds is 8. The van der Waals surface area contributed by atoms with Gasteiger partial charge in [0.25, 0.3) is 5.91 Å². The third-order valence-corrected chi connectivity index (χ3v) is 6.04. The molecule has 0 bridgehead atoms. The van der Waals surface area contributed by atoms with E-state index >= 15 is 0 Å². The van der Waals surface area contributed by atoms with Gasteiger partial charge in [-0.25, -0.2) is 0 Å². The van der Waals surface area contributed by atoms with Gasteiger partial charge in [-0.1, -0.05) is 13.8 Å². The van der Waals surface area contributed by atoms with Crippen LogP contribution in [0.2, 0.25) is 0 Å². The van der Waals surface area contributed by atoms with Crippen molar-refractivity contribution in [3.05, 3.63) is 0 Å². The highest BCUT2D eigenvalue weighted by atomic mass is 31.2. The fourth-order valence-corrected chi connectivity index (χ4v) is 4.62. The highest BCUT2D eigenvalue weighted by molar-refractivity contribution is 7.58. The molecule has 4 N–H and O–H groups in total. The van der Waals surface area contributed by atoms with Crippen LogP contribution in [0.15, 0.2) is 0 Å². The van der Waals surface area contributed by atoms with Gasteiger partial charge < -0.3 is 19.9 Å². The Bertz CT molecular complexity index is 597. The van der Waals surface area contributed by atoms with Gasteiger partial charge in [0.2, 0.25) is 0 Å². The SMILES string of the molecule is C[C@H](N[P+]1(O)OCC(C)(C)[C@H](C(=O)NCCC(=O)O[C@@H]2CCOC2)O1)C(=O)O. The minimum Gasteiger partial charge on any atom is -0.480 e. The van der Waals surface area contributed by atoms with Gasteiger partial charge in [-0.3, -0.25) is 14.4 Å². The van der Waals surface area contributed by atoms with Crippen molar-refractivity contribution in [2.45, 2.75) is 51.9 Å². The van der Waals surface area contributed by atoms with Crippen LogP contribution in [-0.2, 0) is 32.9 Å². The molecule has 2 heterocycles. The lowest BCUT2D eigenvalue weighted by Crippen LogP contribution is -2.52. The third-order valence-electron chi connectivity index (χ3n) is 4.35. The second kappa shape index (κ2) is 9.43. The van der Waals surface area contributed by atoms with Crippen molar-refractivity contribution in [1.29, 1.82) is 0 Å². The molecule has 28 heavy (non-hydrogen) atoms. The molecule has 11 nitrogen and oxygen atoms in total. The molecule has 0 radical (unpaired) electrons. The van der Waals surface area contributed by atoms with Crippen molar-refractivity contribution in [3.63, 3.8) is 0 Å². The van der Waals surface area contributed by atoms with E-state index in [4.69, 9.17) is 23.6 Å². The van der Waals surface area contributed by atoms with E-state index < -0.39 is 43.5 Å². The van der Waals surface area contributed by atoms with Gasteiger partial charge in [0, 0.05) is 18.4 Å². The minimum absolute atomic E-state index is 0.0143. The number of nitrogens with one attached hydrogen (secondary N) is 2. The first-order chi connectivity index (χ1) is 13.0. The number of carboxylic acids is 1. The van der Waals surface area contributed by atoms with Crippen LogP contribution in [0.4, 0.5) is 0 Å². The first-order valence-corrected chi connectivity index (χ1v) is 10.6. The number of esters is 1. The van der Waals surface area contributed by atoms with Crippen LogP contribution >= 0.6 is 8.09 Å². The molecule has 4 atom stereocenters. The predicted octanol–water partition coefficient (Wildman–Crippen LogP) is -0.001000. The molecule has 0 aromatic carbocycles. The van der Waals surface area contributed by atoms with Crippen molar-refractivity contribution >= 4 is 25.9 Å². The minimum atomic E-state index is -3.73. The lowest BCUT2D eigenvalue weighted by atomic mass is 9.87. The van der Waals surface area contributed by atoms with E-state index in [2.05, 4.69) is 10.4 Å². The Morgan fingerprint density at radius 3 is 2.68 bits per heavy atom. The van der Waals surface area contributed by atoms with Crippen LogP contribution in [-0.4, -0.2) is 72.5 Å². The van der Waals surface area contributed by atoms with Crippen molar-refractivity contribution in [2.24, 2.45) is 5.41 Å². The standard InChI is InChI=1S/C16H27N2O9P/c1-10(15(21)22)18-28(23)25-9-16(2,3)13(27-28)14(20)17-6-4-12(19)26-11-5-7-24-8-11/h10-11,13,18,23H,4-9H2,1-3H3,(H-,17,20,21,22)/p+1/t10-,11+,13-,28?/m0/s1. The summed E-state index contributed by atoms with van der Waals surface area (Å²) >= 11 is 0. The summed E-state index contributed by atoms with van der Waals surface area (Å²) in [4.78, 5) is 45.8. The van der Waals surface area contributed by atoms with E-state index in [1.165, 1.54) is 6.92 Å². The van der Waals surface area contributed by atoms with Crippen LogP contribution in [0.5, 0.6) is 0 Å². The molecule has 2 saturated heterocycles. The summed E-state index contributed by atoms with van der Waals surface area (Å²) in [5.41, 5.74) is -0.772. The Hall–Kier alpha value is -1.36. The van der Waals surface area contributed by atoms with Crippen LogP contribution in [0, 0.1) is 5.41 Å². The summed E-state index contributed by atoms with van der Waals surface area (Å²) in [5.74, 6) is -2.17. The Morgan fingerprint density at radius 1 is 1.36 bits per heavy atom. The molecule has 2 aliphatic heterocycles. The van der Waals surface area contributed by atoms with Crippen molar-refractivity contribution in [3.8, 4) is 0 Å². The lowest BCUT2D eigenvalue weighted by Gasteiger charge is -2.37. The number of hydrogen-bond donors (Lipinski definition) is 4. The van der Waals surface area contributed by atoms with Crippen LogP contribution in [0.3, 0.4) is 0 Å². The third kappa shape index (κ3) is 6.33. The van der Waals surface area contributed by atoms with E-state index in [0.717, 1.165) is 0 Å². The molecule has 0 spiro atoms. The fourth-order valence-electron chi connectivity index (χ4n) is 2.65. The average molecular weight is 423 g/mol. The number of ether oxygens (including phenoxy) is 2. The van der Waals surface area contributed by atoms with Gasteiger partial charge in [0.1, 0.15) is 18.8 Å². The van der Waals surface area contributed by atoms with Crippen LogP contribution in [0.25, 0.3) is 0 Å². The van der Waals surface area contributed by atoms with E-state index in [1.54, 1.807) is 13.8 Å². The highest BCUT2D eigenvalue weighted by Gasteiger charge is 2.58. The maximum Gasteiger partial charge on any atom is 0.500 e. The summed E-state index contributed by atoms with van der Waals surface area (Å²) in [6.07, 6.45) is -0.693. The number of carboxylic acid groups (broad SMARTS) is 1. The van der Waals surface area contributed by atoms with Gasteiger partial charge >= 0.3 is 20.0 Å². The molecule has 0 aromatic heterocycles. The molecule has 0 aromatic rings. The van der Waals surface area contributed by atoms with E-state index in [9.17, 15) is 19.3 Å². The van der Waals surface area contributed by atoms with Crippen molar-refractivity contribution in [1.82, 2.24) is 10.4 Å². The van der Waals surface area contributed by atoms with Gasteiger partial charge in [0.05, 0.1) is 19.6 Å². The lowest BCUT2D eigenvalue weighted by molar-refractivity contribution is -0.149. The van der Waals surface area contributed by atoms with E-state index in [0.29, 0.717) is 19.6 Å². The zero-order chi connectivity index (χ0) is 20.9. The first-order valence-electron chi connectivity index (χ1n) is 9.03. The van der Waals surface area contributed by atoms with Gasteiger partial charge in [-0.2, -0.15) is 9.42 Å². The van der Waals surface area contributed by atoms with Crippen LogP contribution in [0.1, 0.15) is 33.6 Å². The highest BCUT2D eigenvalue weighted by Crippen LogP contribution is 2.60. The average Bonchev–Trinajstić information content (AvgIpc) is 3.10. The van der Waals surface area contributed by atoms with E-state index in [-0.39, 0.29) is 25.7 Å². The fraction of sp³-hybridized carbons (Fsp3) is 0.812. The Balaban J connectivity index is 1.86. The van der Waals surface area contributed by atoms with Crippen LogP contribution < -0.4 is 10.4 Å². The molecule has 1 unspecified atom stereocenters. The summed E-state index contributed by atoms with van der Waals surface area (Å²) < 4.78 is 21.1. The summed E-state index contributed by atoms with van der Waals surface area (Å²) in [6.45, 7) is 5.72. The first kappa shape index (κ1) is 22.9. The quantitative estimate of drug-likeness (QED) is 0.310. The monoisotopic (exact) mass is 423 g/mol. The smallest absolute Gasteiger partial charge is 0.480 e.